The molecule has 1 aliphatic heterocycles. The van der Waals surface area contributed by atoms with Crippen molar-refractivity contribution in [3.63, 3.8) is 0 Å². The molecular formula is C16H24N6OS2. The van der Waals surface area contributed by atoms with Gasteiger partial charge in [0.2, 0.25) is 11.3 Å². The van der Waals surface area contributed by atoms with Crippen LogP contribution in [0, 0.1) is 0 Å². The number of nitrogens with one attached hydrogen (secondary N) is 1. The first kappa shape index (κ1) is 18.4. The van der Waals surface area contributed by atoms with Crippen molar-refractivity contribution in [2.24, 2.45) is 4.99 Å². The molecule has 0 bridgehead atoms. The van der Waals surface area contributed by atoms with Crippen LogP contribution in [-0.4, -0.2) is 48.6 Å². The predicted octanol–water partition coefficient (Wildman–Crippen LogP) is 1.93. The Balaban J connectivity index is 1.44. The minimum absolute atomic E-state index is 0.218. The Morgan fingerprint density at radius 2 is 2.20 bits per heavy atom. The zero-order valence-corrected chi connectivity index (χ0v) is 15.8. The molecule has 2 aromatic rings. The molecule has 25 heavy (non-hydrogen) atoms. The molecular weight excluding hydrogens is 356 g/mol. The number of H-pyrrole nitrogens is 1. The van der Waals surface area contributed by atoms with Crippen LogP contribution in [0.3, 0.4) is 0 Å². The Bertz CT molecular complexity index is 738. The zero-order chi connectivity index (χ0) is 17.5. The van der Waals surface area contributed by atoms with Crippen LogP contribution in [0.5, 0.6) is 0 Å². The molecule has 1 fully saturated rings. The Morgan fingerprint density at radius 3 is 2.96 bits per heavy atom. The quantitative estimate of drug-likeness (QED) is 0.561. The van der Waals surface area contributed by atoms with Crippen LogP contribution >= 0.6 is 22.9 Å². The third kappa shape index (κ3) is 5.81. The summed E-state index contributed by atoms with van der Waals surface area (Å²) in [4.78, 5) is 11.3. The summed E-state index contributed by atoms with van der Waals surface area (Å²) in [6.45, 7) is 4.04. The molecule has 2 aromatic heterocycles. The Morgan fingerprint density at radius 1 is 1.36 bits per heavy atom. The van der Waals surface area contributed by atoms with Crippen molar-refractivity contribution in [2.75, 3.05) is 31.1 Å². The highest BCUT2D eigenvalue weighted by molar-refractivity contribution is 7.98. The minimum atomic E-state index is -1.46. The van der Waals surface area contributed by atoms with Crippen molar-refractivity contribution in [3.8, 4) is 0 Å². The molecule has 3 rings (SSSR count). The number of nitrogens with zero attached hydrogens (tertiary/aromatic N) is 4. The van der Waals surface area contributed by atoms with Gasteiger partial charge in [-0.25, -0.2) is 0 Å². The number of aromatic nitrogens is 3. The van der Waals surface area contributed by atoms with Gasteiger partial charge in [0.05, 0.1) is 12.2 Å². The van der Waals surface area contributed by atoms with E-state index in [0.29, 0.717) is 12.0 Å². The number of anilines is 1. The highest BCUT2D eigenvalue weighted by Gasteiger charge is 2.10. The lowest BCUT2D eigenvalue weighted by Gasteiger charge is -2.26. The standard InChI is InChI=1S/C16H24N6OS2/c17-15-16(21-25(23)20-15)19-6-9-24-12-14-10-13(4-5-18-14)11-22-7-2-1-3-8-22/h4-5,10H,1-3,6-9,11-12H2,(H2,17,20)(H,19,21). The van der Waals surface area contributed by atoms with Crippen LogP contribution in [0.2, 0.25) is 0 Å². The van der Waals surface area contributed by atoms with Gasteiger partial charge < -0.3 is 10.3 Å². The average molecular weight is 381 g/mol. The SMILES string of the molecule is Nc1n[s+]([O-])[nH]c1=NCCSCc1cc(CN2CCCCC2)ccn1. The van der Waals surface area contributed by atoms with Crippen molar-refractivity contribution in [1.29, 1.82) is 0 Å². The summed E-state index contributed by atoms with van der Waals surface area (Å²) in [6.07, 6.45) is 5.90. The van der Waals surface area contributed by atoms with Crippen molar-refractivity contribution >= 4 is 28.7 Å². The van der Waals surface area contributed by atoms with Crippen LogP contribution in [0.4, 0.5) is 5.82 Å². The second kappa shape index (κ2) is 9.33. The topological polar surface area (TPSA) is 106 Å². The number of nitrogen functional groups attached to an aromatic ring is 1. The lowest BCUT2D eigenvalue weighted by atomic mass is 10.1. The molecule has 0 spiro atoms. The fraction of sp³-hybridized carbons (Fsp3) is 0.562. The Labute approximate surface area is 154 Å². The fourth-order valence-electron chi connectivity index (χ4n) is 2.88. The minimum Gasteiger partial charge on any atom is -0.548 e. The van der Waals surface area contributed by atoms with Crippen LogP contribution in [-0.2, 0) is 12.3 Å². The summed E-state index contributed by atoms with van der Waals surface area (Å²) in [7, 11) is 0. The summed E-state index contributed by atoms with van der Waals surface area (Å²) >= 11 is 0.314. The van der Waals surface area contributed by atoms with E-state index in [-0.39, 0.29) is 5.82 Å². The maximum absolute atomic E-state index is 11.1. The monoisotopic (exact) mass is 380 g/mol. The largest absolute Gasteiger partial charge is 0.548 e. The molecule has 0 saturated carbocycles. The normalized spacial score (nSPS) is 17.2. The molecule has 0 aromatic carbocycles. The van der Waals surface area contributed by atoms with Gasteiger partial charge in [0.25, 0.3) is 0 Å². The highest BCUT2D eigenvalue weighted by atomic mass is 32.2. The van der Waals surface area contributed by atoms with Gasteiger partial charge in [0, 0.05) is 28.6 Å². The first-order valence-electron chi connectivity index (χ1n) is 8.52. The number of likely N-dealkylation sites (tertiary alicyclic amines) is 1. The van der Waals surface area contributed by atoms with Gasteiger partial charge >= 0.3 is 0 Å². The maximum atomic E-state index is 11.1. The number of hydrogen-bond acceptors (Lipinski definition) is 7. The molecule has 0 radical (unpaired) electrons. The molecule has 1 saturated heterocycles. The second-order valence-electron chi connectivity index (χ2n) is 6.10. The highest BCUT2D eigenvalue weighted by Crippen LogP contribution is 2.15. The Kier molecular flexibility index (Phi) is 6.85. The molecule has 3 N–H and O–H groups in total. The average Bonchev–Trinajstić information content (AvgIpc) is 2.93. The molecule has 0 amide bonds. The predicted molar refractivity (Wildman–Crippen MR) is 102 cm³/mol. The number of thioether (sulfide) groups is 1. The summed E-state index contributed by atoms with van der Waals surface area (Å²) in [5, 5.41) is 0. The van der Waals surface area contributed by atoms with Gasteiger partial charge in [-0.1, -0.05) is 6.42 Å². The van der Waals surface area contributed by atoms with E-state index >= 15 is 0 Å². The third-order valence-corrected chi connectivity index (χ3v) is 5.80. The van der Waals surface area contributed by atoms with E-state index in [4.69, 9.17) is 5.73 Å². The summed E-state index contributed by atoms with van der Waals surface area (Å²) in [5.41, 5.74) is 8.49. The molecule has 3 heterocycles. The van der Waals surface area contributed by atoms with Gasteiger partial charge in [-0.3, -0.25) is 14.9 Å². The number of hydrogen-bond donors (Lipinski definition) is 2. The zero-order valence-electron chi connectivity index (χ0n) is 14.2. The van der Waals surface area contributed by atoms with E-state index in [0.717, 1.165) is 23.7 Å². The number of pyridine rings is 1. The van der Waals surface area contributed by atoms with Crippen LogP contribution < -0.4 is 11.2 Å². The summed E-state index contributed by atoms with van der Waals surface area (Å²) < 4.78 is 17.5. The second-order valence-corrected chi connectivity index (χ2v) is 8.09. The number of piperidine rings is 1. The van der Waals surface area contributed by atoms with Crippen molar-refractivity contribution in [2.45, 2.75) is 31.6 Å². The van der Waals surface area contributed by atoms with Crippen molar-refractivity contribution in [1.82, 2.24) is 18.6 Å². The van der Waals surface area contributed by atoms with E-state index in [1.54, 1.807) is 11.8 Å². The van der Waals surface area contributed by atoms with Crippen LogP contribution in [0.15, 0.2) is 23.3 Å². The number of aromatic amines is 1. The van der Waals surface area contributed by atoms with Crippen molar-refractivity contribution < 1.29 is 4.55 Å². The van der Waals surface area contributed by atoms with Crippen molar-refractivity contribution in [3.05, 3.63) is 35.1 Å². The first-order valence-corrected chi connectivity index (χ1v) is 10.8. The number of rotatable bonds is 7. The van der Waals surface area contributed by atoms with Crippen LogP contribution in [0.1, 0.15) is 30.5 Å². The van der Waals surface area contributed by atoms with Gasteiger partial charge in [-0.05, 0) is 43.6 Å². The molecule has 7 nitrogen and oxygen atoms in total. The lowest BCUT2D eigenvalue weighted by Crippen LogP contribution is -2.29. The van der Waals surface area contributed by atoms with Gasteiger partial charge in [-0.15, -0.1) is 4.37 Å². The van der Waals surface area contributed by atoms with E-state index < -0.39 is 11.1 Å². The smallest absolute Gasteiger partial charge is 0.229 e. The lowest BCUT2D eigenvalue weighted by molar-refractivity contribution is 0.221. The van der Waals surface area contributed by atoms with Gasteiger partial charge in [0.1, 0.15) is 0 Å². The molecule has 0 aliphatic carbocycles. The van der Waals surface area contributed by atoms with E-state index in [1.807, 2.05) is 6.20 Å². The van der Waals surface area contributed by atoms with E-state index in [9.17, 15) is 4.55 Å². The fourth-order valence-corrected chi connectivity index (χ4v) is 4.26. The first-order chi connectivity index (χ1) is 12.2. The maximum Gasteiger partial charge on any atom is 0.229 e. The van der Waals surface area contributed by atoms with E-state index in [1.165, 1.54) is 37.9 Å². The van der Waals surface area contributed by atoms with Crippen LogP contribution in [0.25, 0.3) is 0 Å². The molecule has 1 aliphatic rings. The molecule has 9 heteroatoms. The third-order valence-electron chi connectivity index (χ3n) is 4.10. The summed E-state index contributed by atoms with van der Waals surface area (Å²) in [5.74, 6) is 1.93. The van der Waals surface area contributed by atoms with Gasteiger partial charge in [0.15, 0.2) is 11.1 Å². The molecule has 136 valence electrons. The summed E-state index contributed by atoms with van der Waals surface area (Å²) in [6, 6.07) is 4.32. The Hall–Kier alpha value is -1.42. The molecule has 1 unspecified atom stereocenters. The van der Waals surface area contributed by atoms with E-state index in [2.05, 4.69) is 35.8 Å². The number of nitrogens with two attached hydrogens (primary N) is 1. The van der Waals surface area contributed by atoms with Gasteiger partial charge in [-0.2, -0.15) is 11.8 Å². The molecule has 1 atom stereocenters.